The Morgan fingerprint density at radius 1 is 1.45 bits per heavy atom. The Hall–Kier alpha value is -0.250. The van der Waals surface area contributed by atoms with Gasteiger partial charge in [-0.3, -0.25) is 0 Å². The average Bonchev–Trinajstić information content (AvgIpc) is 2.07. The highest BCUT2D eigenvalue weighted by Crippen LogP contribution is 2.19. The quantitative estimate of drug-likeness (QED) is 0.694. The largest absolute Gasteiger partial charge is 0.501 e. The Kier molecular flexibility index (Phi) is 3.69. The van der Waals surface area contributed by atoms with Crippen LogP contribution in [0.25, 0.3) is 0 Å². The highest BCUT2D eigenvalue weighted by atomic mass is 127. The lowest BCUT2D eigenvalue weighted by Crippen LogP contribution is -1.92. The Bertz CT molecular complexity index is 214. The molecule has 0 aromatic carbocycles. The molecule has 0 bridgehead atoms. The molecule has 0 saturated heterocycles. The summed E-state index contributed by atoms with van der Waals surface area (Å²) in [7, 11) is 1.72. The van der Waals surface area contributed by atoms with Crippen LogP contribution in [-0.2, 0) is 4.74 Å². The minimum Gasteiger partial charge on any atom is -0.501 e. The second-order valence-corrected chi connectivity index (χ2v) is 3.09. The standard InChI is InChI=1S/C9H11IO/c1-11-9-4-2-8(3-5-9)6-7-10/h2,4,6-7H,3,5H2,1H3/b7-6+. The van der Waals surface area contributed by atoms with E-state index in [1.165, 1.54) is 5.57 Å². The molecular weight excluding hydrogens is 251 g/mol. The number of hydrogen-bond acceptors (Lipinski definition) is 1. The van der Waals surface area contributed by atoms with Gasteiger partial charge in [-0.25, -0.2) is 0 Å². The molecule has 0 N–H and O–H groups in total. The average molecular weight is 262 g/mol. The molecule has 0 heterocycles. The van der Waals surface area contributed by atoms with E-state index >= 15 is 0 Å². The number of methoxy groups -OCH3 is 1. The number of hydrogen-bond donors (Lipinski definition) is 0. The molecule has 1 rings (SSSR count). The molecule has 1 nitrogen and oxygen atoms in total. The minimum absolute atomic E-state index is 1.03. The van der Waals surface area contributed by atoms with Crippen molar-refractivity contribution in [1.82, 2.24) is 0 Å². The molecule has 0 radical (unpaired) electrons. The van der Waals surface area contributed by atoms with Crippen LogP contribution in [0.3, 0.4) is 0 Å². The number of allylic oxidation sites excluding steroid dienone is 5. The number of ether oxygens (including phenoxy) is 1. The zero-order valence-electron chi connectivity index (χ0n) is 6.51. The van der Waals surface area contributed by atoms with Gasteiger partial charge in [0, 0.05) is 6.42 Å². The summed E-state index contributed by atoms with van der Waals surface area (Å²) in [5.74, 6) is 1.08. The summed E-state index contributed by atoms with van der Waals surface area (Å²) in [5, 5.41) is 0. The van der Waals surface area contributed by atoms with Crippen molar-refractivity contribution in [3.8, 4) is 0 Å². The molecule has 1 aliphatic carbocycles. The van der Waals surface area contributed by atoms with Crippen LogP contribution >= 0.6 is 22.6 Å². The van der Waals surface area contributed by atoms with E-state index in [-0.39, 0.29) is 0 Å². The smallest absolute Gasteiger partial charge is 0.0958 e. The molecule has 1 aliphatic rings. The summed E-state index contributed by atoms with van der Waals surface area (Å²) >= 11 is 2.23. The Balaban J connectivity index is 2.61. The van der Waals surface area contributed by atoms with E-state index in [0.717, 1.165) is 18.6 Å². The molecule has 11 heavy (non-hydrogen) atoms. The summed E-state index contributed by atoms with van der Waals surface area (Å²) < 4.78 is 7.15. The van der Waals surface area contributed by atoms with E-state index in [1.807, 2.05) is 10.2 Å². The zero-order valence-corrected chi connectivity index (χ0v) is 8.67. The van der Waals surface area contributed by atoms with Crippen molar-refractivity contribution >= 4 is 22.6 Å². The third-order valence-electron chi connectivity index (χ3n) is 1.68. The fourth-order valence-corrected chi connectivity index (χ4v) is 1.49. The van der Waals surface area contributed by atoms with Gasteiger partial charge >= 0.3 is 0 Å². The first kappa shape index (κ1) is 8.84. The van der Waals surface area contributed by atoms with Crippen LogP contribution in [0.5, 0.6) is 0 Å². The van der Waals surface area contributed by atoms with E-state index in [9.17, 15) is 0 Å². The fraction of sp³-hybridized carbons (Fsp3) is 0.333. The molecule has 0 amide bonds. The highest BCUT2D eigenvalue weighted by molar-refractivity contribution is 14.1. The maximum Gasteiger partial charge on any atom is 0.0958 e. The molecule has 2 heteroatoms. The van der Waals surface area contributed by atoms with Gasteiger partial charge in [0.1, 0.15) is 0 Å². The monoisotopic (exact) mass is 262 g/mol. The summed E-state index contributed by atoms with van der Waals surface area (Å²) in [6.07, 6.45) is 8.40. The number of rotatable bonds is 2. The van der Waals surface area contributed by atoms with Gasteiger partial charge in [0.15, 0.2) is 0 Å². The molecule has 0 aliphatic heterocycles. The summed E-state index contributed by atoms with van der Waals surface area (Å²) in [5.41, 5.74) is 1.38. The van der Waals surface area contributed by atoms with Crippen LogP contribution in [0, 0.1) is 0 Å². The molecule has 0 aromatic heterocycles. The third-order valence-corrected chi connectivity index (χ3v) is 2.04. The van der Waals surface area contributed by atoms with Gasteiger partial charge in [-0.1, -0.05) is 34.7 Å². The van der Waals surface area contributed by atoms with Crippen LogP contribution in [-0.4, -0.2) is 7.11 Å². The topological polar surface area (TPSA) is 9.23 Å². The van der Waals surface area contributed by atoms with Gasteiger partial charge < -0.3 is 4.74 Å². The van der Waals surface area contributed by atoms with Gasteiger partial charge in [0.25, 0.3) is 0 Å². The summed E-state index contributed by atoms with van der Waals surface area (Å²) in [6, 6.07) is 0. The van der Waals surface area contributed by atoms with Crippen molar-refractivity contribution in [2.24, 2.45) is 0 Å². The molecule has 0 unspecified atom stereocenters. The summed E-state index contributed by atoms with van der Waals surface area (Å²) in [4.78, 5) is 0. The van der Waals surface area contributed by atoms with E-state index in [2.05, 4.69) is 34.7 Å². The molecule has 60 valence electrons. The number of halogens is 1. The predicted molar refractivity (Wildman–Crippen MR) is 55.6 cm³/mol. The molecular formula is C9H11IO. The van der Waals surface area contributed by atoms with Gasteiger partial charge in [-0.2, -0.15) is 0 Å². The molecule has 0 spiro atoms. The predicted octanol–water partition coefficient (Wildman–Crippen LogP) is 3.19. The normalized spacial score (nSPS) is 18.0. The zero-order chi connectivity index (χ0) is 8.10. The van der Waals surface area contributed by atoms with E-state index in [0.29, 0.717) is 0 Å². The summed E-state index contributed by atoms with van der Waals surface area (Å²) in [6.45, 7) is 0. The maximum absolute atomic E-state index is 5.11. The van der Waals surface area contributed by atoms with Gasteiger partial charge in [-0.05, 0) is 22.2 Å². The second-order valence-electron chi connectivity index (χ2n) is 2.37. The van der Waals surface area contributed by atoms with E-state index in [4.69, 9.17) is 4.74 Å². The van der Waals surface area contributed by atoms with Crippen LogP contribution in [0.2, 0.25) is 0 Å². The maximum atomic E-state index is 5.11. The highest BCUT2D eigenvalue weighted by Gasteiger charge is 2.02. The SMILES string of the molecule is COC1=CC=C(/C=C/I)CC1. The van der Waals surface area contributed by atoms with Crippen LogP contribution in [0.1, 0.15) is 12.8 Å². The Morgan fingerprint density at radius 3 is 2.73 bits per heavy atom. The van der Waals surface area contributed by atoms with Crippen molar-refractivity contribution in [2.75, 3.05) is 7.11 Å². The lowest BCUT2D eigenvalue weighted by molar-refractivity contribution is 0.276. The molecule has 0 saturated carbocycles. The van der Waals surface area contributed by atoms with E-state index < -0.39 is 0 Å². The van der Waals surface area contributed by atoms with Gasteiger partial charge in [0.05, 0.1) is 12.9 Å². The van der Waals surface area contributed by atoms with Crippen LogP contribution in [0.15, 0.2) is 33.6 Å². The van der Waals surface area contributed by atoms with Gasteiger partial charge in [0.2, 0.25) is 0 Å². The van der Waals surface area contributed by atoms with Crippen molar-refractivity contribution in [3.63, 3.8) is 0 Å². The van der Waals surface area contributed by atoms with Crippen molar-refractivity contribution in [1.29, 1.82) is 0 Å². The van der Waals surface area contributed by atoms with Gasteiger partial charge in [-0.15, -0.1) is 0 Å². The van der Waals surface area contributed by atoms with Crippen molar-refractivity contribution in [2.45, 2.75) is 12.8 Å². The van der Waals surface area contributed by atoms with Crippen LogP contribution < -0.4 is 0 Å². The van der Waals surface area contributed by atoms with Crippen molar-refractivity contribution in [3.05, 3.63) is 33.6 Å². The second kappa shape index (κ2) is 4.59. The fourth-order valence-electron chi connectivity index (χ4n) is 1.02. The lowest BCUT2D eigenvalue weighted by Gasteiger charge is -2.10. The minimum atomic E-state index is 1.03. The molecule has 0 atom stereocenters. The first-order valence-corrected chi connectivity index (χ1v) is 4.82. The molecule has 0 aromatic rings. The van der Waals surface area contributed by atoms with E-state index in [1.54, 1.807) is 7.11 Å². The molecule has 0 fully saturated rings. The third kappa shape index (κ3) is 2.69. The van der Waals surface area contributed by atoms with Crippen LogP contribution in [0.4, 0.5) is 0 Å². The lowest BCUT2D eigenvalue weighted by atomic mass is 10.0. The van der Waals surface area contributed by atoms with Crippen molar-refractivity contribution < 1.29 is 4.74 Å². The Morgan fingerprint density at radius 2 is 2.27 bits per heavy atom. The Labute approximate surface area is 81.0 Å². The first-order chi connectivity index (χ1) is 5.36. The first-order valence-electron chi connectivity index (χ1n) is 3.57.